The third-order valence-corrected chi connectivity index (χ3v) is 5.41. The minimum atomic E-state index is -0.691. The summed E-state index contributed by atoms with van der Waals surface area (Å²) in [5, 5.41) is 9.94. The zero-order chi connectivity index (χ0) is 20.5. The van der Waals surface area contributed by atoms with Crippen LogP contribution in [0.1, 0.15) is 35.0 Å². The molecule has 0 fully saturated rings. The van der Waals surface area contributed by atoms with Gasteiger partial charge in [0.25, 0.3) is 11.1 Å². The van der Waals surface area contributed by atoms with Gasteiger partial charge in [-0.1, -0.05) is 36.5 Å². The van der Waals surface area contributed by atoms with Crippen molar-refractivity contribution in [1.29, 1.82) is 0 Å². The second-order valence-corrected chi connectivity index (χ2v) is 7.26. The van der Waals surface area contributed by atoms with Crippen molar-refractivity contribution in [3.05, 3.63) is 67.4 Å². The Morgan fingerprint density at radius 1 is 1.14 bits per heavy atom. The van der Waals surface area contributed by atoms with Gasteiger partial charge in [0.2, 0.25) is 4.96 Å². The number of aromatic nitrogens is 5. The fourth-order valence-electron chi connectivity index (χ4n) is 2.92. The number of hydrogen-bond acceptors (Lipinski definition) is 8. The highest BCUT2D eigenvalue weighted by Gasteiger charge is 2.18. The van der Waals surface area contributed by atoms with Crippen molar-refractivity contribution in [3.8, 4) is 0 Å². The third kappa shape index (κ3) is 3.42. The second-order valence-electron chi connectivity index (χ2n) is 6.22. The molecule has 0 unspecified atom stereocenters. The van der Waals surface area contributed by atoms with Gasteiger partial charge >= 0.3 is 5.97 Å². The van der Waals surface area contributed by atoms with Gasteiger partial charge in [0, 0.05) is 18.0 Å². The van der Waals surface area contributed by atoms with Crippen LogP contribution in [-0.2, 0) is 24.3 Å². The fourth-order valence-corrected chi connectivity index (χ4v) is 3.78. The van der Waals surface area contributed by atoms with Crippen LogP contribution in [0.4, 0.5) is 0 Å². The van der Waals surface area contributed by atoms with Crippen LogP contribution in [0.15, 0.2) is 39.9 Å². The molecule has 0 N–H and O–H groups in total. The molecule has 3 aromatic heterocycles. The van der Waals surface area contributed by atoms with E-state index in [0.29, 0.717) is 34.4 Å². The number of benzene rings is 1. The fraction of sp³-hybridized carbons (Fsp3) is 0.263. The Labute approximate surface area is 168 Å². The summed E-state index contributed by atoms with van der Waals surface area (Å²) >= 11 is 1.31. The molecule has 0 radical (unpaired) electrons. The van der Waals surface area contributed by atoms with Gasteiger partial charge in [-0.25, -0.2) is 14.5 Å². The van der Waals surface area contributed by atoms with Crippen molar-refractivity contribution in [2.75, 3.05) is 0 Å². The average Bonchev–Trinajstić information content (AvgIpc) is 3.16. The molecule has 148 valence electrons. The van der Waals surface area contributed by atoms with E-state index in [1.165, 1.54) is 26.6 Å². The highest BCUT2D eigenvalue weighted by atomic mass is 32.1. The highest BCUT2D eigenvalue weighted by molar-refractivity contribution is 7.16. The molecule has 0 spiro atoms. The molecule has 0 aliphatic heterocycles. The van der Waals surface area contributed by atoms with Crippen molar-refractivity contribution in [2.45, 2.75) is 33.4 Å². The molecule has 10 heteroatoms. The van der Waals surface area contributed by atoms with E-state index >= 15 is 0 Å². The Hall–Kier alpha value is -3.40. The number of esters is 1. The van der Waals surface area contributed by atoms with Crippen molar-refractivity contribution < 1.29 is 9.53 Å². The largest absolute Gasteiger partial charge is 0.454 e. The molecule has 0 atom stereocenters. The van der Waals surface area contributed by atoms with Gasteiger partial charge < -0.3 is 4.74 Å². The minimum absolute atomic E-state index is 0.0471. The van der Waals surface area contributed by atoms with E-state index in [4.69, 9.17) is 4.74 Å². The quantitative estimate of drug-likeness (QED) is 0.461. The van der Waals surface area contributed by atoms with Crippen molar-refractivity contribution in [2.24, 2.45) is 0 Å². The van der Waals surface area contributed by atoms with E-state index in [0.717, 1.165) is 5.01 Å². The summed E-state index contributed by atoms with van der Waals surface area (Å²) in [4.78, 5) is 42.1. The van der Waals surface area contributed by atoms with Crippen LogP contribution in [0.5, 0.6) is 0 Å². The molecule has 4 aromatic rings. The highest BCUT2D eigenvalue weighted by Crippen LogP contribution is 2.16. The molecule has 29 heavy (non-hydrogen) atoms. The first-order valence-corrected chi connectivity index (χ1v) is 9.89. The Kier molecular flexibility index (Phi) is 4.93. The summed E-state index contributed by atoms with van der Waals surface area (Å²) in [5.41, 5.74) is -0.231. The lowest BCUT2D eigenvalue weighted by molar-refractivity contribution is 0.0460. The van der Waals surface area contributed by atoms with Gasteiger partial charge in [0.15, 0.2) is 5.69 Å². The number of nitrogens with zero attached hydrogens (tertiary/aromatic N) is 5. The van der Waals surface area contributed by atoms with Crippen LogP contribution in [0.2, 0.25) is 0 Å². The lowest BCUT2D eigenvalue weighted by Gasteiger charge is -2.09. The summed E-state index contributed by atoms with van der Waals surface area (Å²) in [6.07, 6.45) is 0.698. The number of aryl methyl sites for hydroxylation is 2. The predicted octanol–water partition coefficient (Wildman–Crippen LogP) is 1.80. The van der Waals surface area contributed by atoms with E-state index in [1.54, 1.807) is 31.2 Å². The smallest absolute Gasteiger partial charge is 0.359 e. The Morgan fingerprint density at radius 3 is 2.62 bits per heavy atom. The molecular weight excluding hydrogens is 394 g/mol. The Balaban J connectivity index is 1.65. The molecule has 9 nitrogen and oxygen atoms in total. The lowest BCUT2D eigenvalue weighted by atomic mass is 10.1. The van der Waals surface area contributed by atoms with E-state index in [-0.39, 0.29) is 23.4 Å². The molecule has 0 bridgehead atoms. The first-order chi connectivity index (χ1) is 14.0. The van der Waals surface area contributed by atoms with E-state index in [2.05, 4.69) is 15.2 Å². The number of rotatable bonds is 5. The zero-order valence-corrected chi connectivity index (χ0v) is 16.6. The third-order valence-electron chi connectivity index (χ3n) is 4.35. The topological polar surface area (TPSA) is 108 Å². The van der Waals surface area contributed by atoms with E-state index < -0.39 is 5.97 Å². The van der Waals surface area contributed by atoms with Crippen LogP contribution in [0, 0.1) is 0 Å². The molecule has 0 aliphatic carbocycles. The summed E-state index contributed by atoms with van der Waals surface area (Å²) in [7, 11) is 0. The first-order valence-electron chi connectivity index (χ1n) is 9.07. The molecule has 4 rings (SSSR count). The van der Waals surface area contributed by atoms with Gasteiger partial charge in [-0.2, -0.15) is 14.7 Å². The van der Waals surface area contributed by atoms with Crippen LogP contribution in [0.25, 0.3) is 15.7 Å². The maximum Gasteiger partial charge on any atom is 0.359 e. The second kappa shape index (κ2) is 7.55. The standard InChI is InChI=1S/C19H17N5O4S/c1-3-14-21-24-15(25)9-11(20-19(24)29-14)10-28-18(27)16-12-7-5-6-8-13(12)17(26)23(4-2)22-16/h5-9H,3-4,10H2,1-2H3. The lowest BCUT2D eigenvalue weighted by Crippen LogP contribution is -2.26. The van der Waals surface area contributed by atoms with Crippen LogP contribution in [0.3, 0.4) is 0 Å². The maximum absolute atomic E-state index is 12.7. The predicted molar refractivity (Wildman–Crippen MR) is 107 cm³/mol. The minimum Gasteiger partial charge on any atom is -0.454 e. The van der Waals surface area contributed by atoms with Crippen molar-refractivity contribution >= 4 is 33.0 Å². The Bertz CT molecular complexity index is 1350. The molecular formula is C19H17N5O4S. The first kappa shape index (κ1) is 18.9. The summed E-state index contributed by atoms with van der Waals surface area (Å²) in [6.45, 7) is 3.85. The monoisotopic (exact) mass is 411 g/mol. The number of ether oxygens (including phenoxy) is 1. The van der Waals surface area contributed by atoms with E-state index in [9.17, 15) is 14.4 Å². The summed E-state index contributed by atoms with van der Waals surface area (Å²) < 4.78 is 7.81. The summed E-state index contributed by atoms with van der Waals surface area (Å²) in [5.74, 6) is -0.691. The maximum atomic E-state index is 12.7. The zero-order valence-electron chi connectivity index (χ0n) is 15.8. The van der Waals surface area contributed by atoms with Gasteiger partial charge in [0.05, 0.1) is 11.1 Å². The molecule has 0 saturated heterocycles. The van der Waals surface area contributed by atoms with Crippen LogP contribution in [-0.4, -0.2) is 30.3 Å². The normalized spacial score (nSPS) is 11.2. The number of carbonyl (C=O) groups is 1. The van der Waals surface area contributed by atoms with Crippen molar-refractivity contribution in [3.63, 3.8) is 0 Å². The number of hydrogen-bond donors (Lipinski definition) is 0. The number of carbonyl (C=O) groups excluding carboxylic acids is 1. The Morgan fingerprint density at radius 2 is 1.90 bits per heavy atom. The van der Waals surface area contributed by atoms with Gasteiger partial charge in [-0.3, -0.25) is 9.59 Å². The van der Waals surface area contributed by atoms with Gasteiger partial charge in [-0.05, 0) is 19.4 Å². The van der Waals surface area contributed by atoms with Gasteiger partial charge in [-0.15, -0.1) is 0 Å². The molecule has 3 heterocycles. The average molecular weight is 411 g/mol. The van der Waals surface area contributed by atoms with Crippen molar-refractivity contribution in [1.82, 2.24) is 24.4 Å². The SMILES string of the molecule is CCc1nn2c(=O)cc(COC(=O)c3nn(CC)c(=O)c4ccccc34)nc2s1. The van der Waals surface area contributed by atoms with Crippen LogP contribution >= 0.6 is 11.3 Å². The number of fused-ring (bicyclic) bond motifs is 2. The van der Waals surface area contributed by atoms with Crippen LogP contribution < -0.4 is 11.1 Å². The summed E-state index contributed by atoms with van der Waals surface area (Å²) in [6, 6.07) is 8.04. The molecule has 0 aliphatic rings. The van der Waals surface area contributed by atoms with E-state index in [1.807, 2.05) is 6.92 Å². The molecule has 0 saturated carbocycles. The molecule has 0 amide bonds. The molecule has 1 aromatic carbocycles. The van der Waals surface area contributed by atoms with Gasteiger partial charge in [0.1, 0.15) is 11.6 Å².